The van der Waals surface area contributed by atoms with Gasteiger partial charge in [0.2, 0.25) is 10.0 Å². The van der Waals surface area contributed by atoms with E-state index in [0.29, 0.717) is 12.1 Å². The number of nitrogens with one attached hydrogen (secondary N) is 1. The molecular weight excluding hydrogens is 294 g/mol. The lowest BCUT2D eigenvalue weighted by molar-refractivity contribution is 0.101. The maximum absolute atomic E-state index is 12.3. The Labute approximate surface area is 124 Å². The van der Waals surface area contributed by atoms with Gasteiger partial charge in [0.05, 0.1) is 4.90 Å². The standard InChI is InChI=1S/C14H19NO3S2/c1-11(16)12-5-3-6-13(9-12)20(17,18)15-10-14(19-2)7-4-8-14/h3,5-6,9,15H,4,7-8,10H2,1-2H3. The Morgan fingerprint density at radius 1 is 1.40 bits per heavy atom. The molecule has 2 rings (SSSR count). The molecule has 0 spiro atoms. The summed E-state index contributed by atoms with van der Waals surface area (Å²) in [7, 11) is -3.55. The minimum absolute atomic E-state index is 0.0469. The van der Waals surface area contributed by atoms with Gasteiger partial charge in [0.15, 0.2) is 5.78 Å². The lowest BCUT2D eigenvalue weighted by Gasteiger charge is -2.40. The molecule has 0 radical (unpaired) electrons. The predicted octanol–water partition coefficient (Wildman–Crippen LogP) is 2.45. The van der Waals surface area contributed by atoms with Crippen LogP contribution in [0.5, 0.6) is 0 Å². The highest BCUT2D eigenvalue weighted by molar-refractivity contribution is 8.00. The average Bonchev–Trinajstić information content (AvgIpc) is 2.38. The first-order valence-corrected chi connectivity index (χ1v) is 9.25. The summed E-state index contributed by atoms with van der Waals surface area (Å²) in [4.78, 5) is 11.5. The van der Waals surface area contributed by atoms with Crippen LogP contribution in [0.1, 0.15) is 36.5 Å². The zero-order chi connectivity index (χ0) is 14.8. The molecule has 0 unspecified atom stereocenters. The fourth-order valence-electron chi connectivity index (χ4n) is 2.22. The lowest BCUT2D eigenvalue weighted by Crippen LogP contribution is -2.45. The zero-order valence-electron chi connectivity index (χ0n) is 11.7. The SMILES string of the molecule is CSC1(CNS(=O)(=O)c2cccc(C(C)=O)c2)CCC1. The number of carbonyl (C=O) groups excluding carboxylic acids is 1. The average molecular weight is 313 g/mol. The number of carbonyl (C=O) groups is 1. The summed E-state index contributed by atoms with van der Waals surface area (Å²) in [5.41, 5.74) is 0.413. The normalized spacial score (nSPS) is 17.5. The van der Waals surface area contributed by atoms with E-state index in [1.54, 1.807) is 23.9 Å². The third kappa shape index (κ3) is 3.24. The highest BCUT2D eigenvalue weighted by Gasteiger charge is 2.37. The Kier molecular flexibility index (Phi) is 4.56. The predicted molar refractivity (Wildman–Crippen MR) is 81.7 cm³/mol. The number of ketones is 1. The third-order valence-corrected chi connectivity index (χ3v) is 6.65. The van der Waals surface area contributed by atoms with E-state index in [1.807, 2.05) is 6.26 Å². The molecule has 1 aromatic carbocycles. The first kappa shape index (κ1) is 15.5. The van der Waals surface area contributed by atoms with Crippen LogP contribution in [-0.2, 0) is 10.0 Å². The van der Waals surface area contributed by atoms with E-state index in [9.17, 15) is 13.2 Å². The van der Waals surface area contributed by atoms with Crippen LogP contribution >= 0.6 is 11.8 Å². The van der Waals surface area contributed by atoms with Gasteiger partial charge in [-0.05, 0) is 38.2 Å². The molecule has 1 fully saturated rings. The van der Waals surface area contributed by atoms with Crippen molar-refractivity contribution in [2.24, 2.45) is 0 Å². The van der Waals surface area contributed by atoms with Crippen LogP contribution in [-0.4, -0.2) is 31.7 Å². The smallest absolute Gasteiger partial charge is 0.240 e. The number of hydrogen-bond acceptors (Lipinski definition) is 4. The number of rotatable bonds is 6. The molecule has 20 heavy (non-hydrogen) atoms. The van der Waals surface area contributed by atoms with E-state index in [-0.39, 0.29) is 15.4 Å². The Morgan fingerprint density at radius 2 is 2.10 bits per heavy atom. The van der Waals surface area contributed by atoms with Gasteiger partial charge >= 0.3 is 0 Å². The first-order chi connectivity index (χ1) is 9.38. The molecule has 1 N–H and O–H groups in total. The van der Waals surface area contributed by atoms with Crippen molar-refractivity contribution in [3.05, 3.63) is 29.8 Å². The molecule has 0 bridgehead atoms. The Balaban J connectivity index is 2.14. The van der Waals surface area contributed by atoms with Gasteiger partial charge < -0.3 is 0 Å². The van der Waals surface area contributed by atoms with Gasteiger partial charge in [0.1, 0.15) is 0 Å². The number of thioether (sulfide) groups is 1. The molecule has 1 aliphatic rings. The largest absolute Gasteiger partial charge is 0.295 e. The lowest BCUT2D eigenvalue weighted by atomic mass is 9.84. The van der Waals surface area contributed by atoms with Crippen molar-refractivity contribution in [1.29, 1.82) is 0 Å². The Morgan fingerprint density at radius 3 is 2.60 bits per heavy atom. The van der Waals surface area contributed by atoms with Gasteiger partial charge in [-0.25, -0.2) is 13.1 Å². The van der Waals surface area contributed by atoms with Crippen molar-refractivity contribution >= 4 is 27.6 Å². The van der Waals surface area contributed by atoms with Crippen molar-refractivity contribution in [2.75, 3.05) is 12.8 Å². The summed E-state index contributed by atoms with van der Waals surface area (Å²) in [6.45, 7) is 1.87. The minimum Gasteiger partial charge on any atom is -0.295 e. The molecule has 1 aromatic rings. The molecule has 4 nitrogen and oxygen atoms in total. The maximum atomic E-state index is 12.3. The van der Waals surface area contributed by atoms with E-state index in [1.165, 1.54) is 19.1 Å². The molecule has 0 aliphatic heterocycles. The molecular formula is C14H19NO3S2. The number of benzene rings is 1. The van der Waals surface area contributed by atoms with E-state index in [4.69, 9.17) is 0 Å². The molecule has 1 saturated carbocycles. The molecule has 1 aliphatic carbocycles. The maximum Gasteiger partial charge on any atom is 0.240 e. The number of hydrogen-bond donors (Lipinski definition) is 1. The summed E-state index contributed by atoms with van der Waals surface area (Å²) in [6.07, 6.45) is 5.26. The van der Waals surface area contributed by atoms with E-state index in [2.05, 4.69) is 4.72 Å². The Bertz CT molecular complexity index is 601. The van der Waals surface area contributed by atoms with Crippen LogP contribution in [0, 0.1) is 0 Å². The molecule has 0 heterocycles. The quantitative estimate of drug-likeness (QED) is 0.819. The summed E-state index contributed by atoms with van der Waals surface area (Å²) in [6, 6.07) is 6.16. The van der Waals surface area contributed by atoms with Crippen LogP contribution in [0.25, 0.3) is 0 Å². The van der Waals surface area contributed by atoms with Crippen LogP contribution in [0.15, 0.2) is 29.2 Å². The van der Waals surface area contributed by atoms with Crippen LogP contribution in [0.4, 0.5) is 0 Å². The highest BCUT2D eigenvalue weighted by atomic mass is 32.2. The van der Waals surface area contributed by atoms with Gasteiger partial charge in [0, 0.05) is 16.9 Å². The van der Waals surface area contributed by atoms with Gasteiger partial charge in [0.25, 0.3) is 0 Å². The van der Waals surface area contributed by atoms with Crippen molar-refractivity contribution < 1.29 is 13.2 Å². The van der Waals surface area contributed by atoms with Gasteiger partial charge in [-0.15, -0.1) is 0 Å². The van der Waals surface area contributed by atoms with E-state index >= 15 is 0 Å². The van der Waals surface area contributed by atoms with Crippen molar-refractivity contribution in [2.45, 2.75) is 35.8 Å². The second-order valence-electron chi connectivity index (χ2n) is 5.15. The molecule has 110 valence electrons. The summed E-state index contributed by atoms with van der Waals surface area (Å²) < 4.78 is 27.3. The zero-order valence-corrected chi connectivity index (χ0v) is 13.3. The molecule has 0 saturated heterocycles. The molecule has 0 atom stereocenters. The van der Waals surface area contributed by atoms with Gasteiger partial charge in [-0.2, -0.15) is 11.8 Å². The summed E-state index contributed by atoms with van der Waals surface area (Å²) in [5.74, 6) is -0.137. The minimum atomic E-state index is -3.55. The number of Topliss-reactive ketones (excluding diaryl/α,β-unsaturated/α-hetero) is 1. The fourth-order valence-corrected chi connectivity index (χ4v) is 4.39. The van der Waals surface area contributed by atoms with Crippen molar-refractivity contribution in [3.8, 4) is 0 Å². The van der Waals surface area contributed by atoms with Gasteiger partial charge in [-0.1, -0.05) is 18.6 Å². The van der Waals surface area contributed by atoms with E-state index < -0.39 is 10.0 Å². The summed E-state index contributed by atoms with van der Waals surface area (Å²) in [5, 5.41) is 0. The van der Waals surface area contributed by atoms with Crippen LogP contribution in [0.3, 0.4) is 0 Å². The molecule has 6 heteroatoms. The molecule has 0 amide bonds. The topological polar surface area (TPSA) is 63.2 Å². The molecule has 0 aromatic heterocycles. The van der Waals surface area contributed by atoms with Gasteiger partial charge in [-0.3, -0.25) is 4.79 Å². The highest BCUT2D eigenvalue weighted by Crippen LogP contribution is 2.42. The number of sulfonamides is 1. The first-order valence-electron chi connectivity index (χ1n) is 6.54. The van der Waals surface area contributed by atoms with Crippen molar-refractivity contribution in [1.82, 2.24) is 4.72 Å². The van der Waals surface area contributed by atoms with Crippen LogP contribution in [0.2, 0.25) is 0 Å². The monoisotopic (exact) mass is 313 g/mol. The van der Waals surface area contributed by atoms with Crippen molar-refractivity contribution in [3.63, 3.8) is 0 Å². The van der Waals surface area contributed by atoms with E-state index in [0.717, 1.165) is 19.3 Å². The third-order valence-electron chi connectivity index (χ3n) is 3.83. The fraction of sp³-hybridized carbons (Fsp3) is 0.500. The second-order valence-corrected chi connectivity index (χ2v) is 8.19. The van der Waals surface area contributed by atoms with Crippen LogP contribution < -0.4 is 4.72 Å². The second kappa shape index (κ2) is 5.87. The Hall–Kier alpha value is -0.850. The summed E-state index contributed by atoms with van der Waals surface area (Å²) >= 11 is 1.72.